The van der Waals surface area contributed by atoms with Crippen LogP contribution in [0.1, 0.15) is 26.3 Å². The molecule has 0 spiro atoms. The van der Waals surface area contributed by atoms with Crippen molar-refractivity contribution in [2.45, 2.75) is 0 Å². The number of ether oxygens (including phenoxy) is 1. The molecule has 0 saturated carbocycles. The number of halogens is 3. The SMILES string of the molecule is O=C(N/N=C\c1ccc(OC(=O)c2ccc(Cl)c(Cl)c2)cc1)c1cccc(Br)c1. The summed E-state index contributed by atoms with van der Waals surface area (Å²) in [6.07, 6.45) is 1.49. The van der Waals surface area contributed by atoms with Gasteiger partial charge in [-0.3, -0.25) is 4.79 Å². The third-order valence-electron chi connectivity index (χ3n) is 3.71. The normalized spacial score (nSPS) is 10.7. The first-order chi connectivity index (χ1) is 13.9. The minimum absolute atomic E-state index is 0.276. The van der Waals surface area contributed by atoms with Gasteiger partial charge >= 0.3 is 5.97 Å². The van der Waals surface area contributed by atoms with Gasteiger partial charge in [0.05, 0.1) is 21.8 Å². The van der Waals surface area contributed by atoms with Gasteiger partial charge in [-0.25, -0.2) is 10.2 Å². The van der Waals surface area contributed by atoms with Crippen LogP contribution >= 0.6 is 39.1 Å². The molecule has 3 rings (SSSR count). The number of hydrogen-bond donors (Lipinski definition) is 1. The van der Waals surface area contributed by atoms with E-state index < -0.39 is 5.97 Å². The second kappa shape index (κ2) is 9.69. The number of hydrazone groups is 1. The highest BCUT2D eigenvalue weighted by molar-refractivity contribution is 9.10. The largest absolute Gasteiger partial charge is 0.423 e. The molecule has 3 aromatic rings. The lowest BCUT2D eigenvalue weighted by Crippen LogP contribution is -2.17. The molecule has 0 fully saturated rings. The van der Waals surface area contributed by atoms with Gasteiger partial charge in [0.2, 0.25) is 0 Å². The highest BCUT2D eigenvalue weighted by atomic mass is 79.9. The van der Waals surface area contributed by atoms with Crippen molar-refractivity contribution in [3.05, 3.63) is 97.9 Å². The number of hydrogen-bond acceptors (Lipinski definition) is 4. The van der Waals surface area contributed by atoms with Gasteiger partial charge in [-0.15, -0.1) is 0 Å². The summed E-state index contributed by atoms with van der Waals surface area (Å²) in [5.74, 6) is -0.516. The van der Waals surface area contributed by atoms with Gasteiger partial charge < -0.3 is 4.74 Å². The smallest absolute Gasteiger partial charge is 0.343 e. The molecule has 0 aliphatic heterocycles. The molecule has 0 atom stereocenters. The molecule has 0 aliphatic carbocycles. The number of nitrogens with zero attached hydrogens (tertiary/aromatic N) is 1. The molecule has 3 aromatic carbocycles. The van der Waals surface area contributed by atoms with Crippen LogP contribution in [0.25, 0.3) is 0 Å². The van der Waals surface area contributed by atoms with E-state index in [0.717, 1.165) is 4.47 Å². The van der Waals surface area contributed by atoms with Gasteiger partial charge in [0.15, 0.2) is 0 Å². The van der Waals surface area contributed by atoms with Crippen molar-refractivity contribution in [1.29, 1.82) is 0 Å². The average Bonchev–Trinajstić information content (AvgIpc) is 2.71. The molecule has 1 amide bonds. The van der Waals surface area contributed by atoms with E-state index in [1.807, 2.05) is 6.07 Å². The topological polar surface area (TPSA) is 67.8 Å². The van der Waals surface area contributed by atoms with Crippen LogP contribution in [-0.2, 0) is 0 Å². The summed E-state index contributed by atoms with van der Waals surface area (Å²) in [6, 6.07) is 18.1. The summed E-state index contributed by atoms with van der Waals surface area (Å²) in [7, 11) is 0. The maximum atomic E-state index is 12.2. The van der Waals surface area contributed by atoms with Gasteiger partial charge in [-0.05, 0) is 66.2 Å². The molecular weight excluding hydrogens is 479 g/mol. The van der Waals surface area contributed by atoms with Crippen LogP contribution in [0.3, 0.4) is 0 Å². The van der Waals surface area contributed by atoms with Gasteiger partial charge in [-0.1, -0.05) is 45.2 Å². The van der Waals surface area contributed by atoms with Gasteiger partial charge in [0, 0.05) is 10.0 Å². The lowest BCUT2D eigenvalue weighted by atomic mass is 10.2. The van der Waals surface area contributed by atoms with Crippen molar-refractivity contribution in [3.8, 4) is 5.75 Å². The summed E-state index contributed by atoms with van der Waals surface area (Å²) in [5.41, 5.74) is 3.95. The first-order valence-corrected chi connectivity index (χ1v) is 9.83. The van der Waals surface area contributed by atoms with Crippen molar-refractivity contribution in [3.63, 3.8) is 0 Å². The Morgan fingerprint density at radius 2 is 1.69 bits per heavy atom. The second-order valence-corrected chi connectivity index (χ2v) is 7.53. The molecule has 29 heavy (non-hydrogen) atoms. The molecule has 5 nitrogen and oxygen atoms in total. The molecule has 0 saturated heterocycles. The molecule has 1 N–H and O–H groups in total. The highest BCUT2D eigenvalue weighted by Crippen LogP contribution is 2.23. The number of amides is 1. The fourth-order valence-corrected chi connectivity index (χ4v) is 2.97. The Labute approximate surface area is 185 Å². The summed E-state index contributed by atoms with van der Waals surface area (Å²) in [5, 5.41) is 4.56. The second-order valence-electron chi connectivity index (χ2n) is 5.80. The third-order valence-corrected chi connectivity index (χ3v) is 4.94. The van der Waals surface area contributed by atoms with Crippen molar-refractivity contribution in [2.24, 2.45) is 5.10 Å². The minimum Gasteiger partial charge on any atom is -0.423 e. The fourth-order valence-electron chi connectivity index (χ4n) is 2.27. The van der Waals surface area contributed by atoms with E-state index in [1.165, 1.54) is 24.4 Å². The number of nitrogens with one attached hydrogen (secondary N) is 1. The van der Waals surface area contributed by atoms with Crippen molar-refractivity contribution in [1.82, 2.24) is 5.43 Å². The van der Waals surface area contributed by atoms with E-state index in [4.69, 9.17) is 27.9 Å². The Bertz CT molecular complexity index is 1090. The third kappa shape index (κ3) is 5.90. The molecule has 8 heteroatoms. The molecule has 146 valence electrons. The lowest BCUT2D eigenvalue weighted by Gasteiger charge is -2.05. The van der Waals surface area contributed by atoms with Crippen LogP contribution in [-0.4, -0.2) is 18.1 Å². The highest BCUT2D eigenvalue weighted by Gasteiger charge is 2.10. The van der Waals surface area contributed by atoms with Crippen LogP contribution in [0.2, 0.25) is 10.0 Å². The first kappa shape index (κ1) is 21.0. The molecule has 0 unspecified atom stereocenters. The number of benzene rings is 3. The molecular formula is C21H13BrCl2N2O3. The summed E-state index contributed by atoms with van der Waals surface area (Å²) in [4.78, 5) is 24.2. The molecule has 0 bridgehead atoms. The molecule has 0 heterocycles. The van der Waals surface area contributed by atoms with Crippen LogP contribution in [0.4, 0.5) is 0 Å². The Hall–Kier alpha value is -2.67. The summed E-state index contributed by atoms with van der Waals surface area (Å²) >= 11 is 15.1. The predicted molar refractivity (Wildman–Crippen MR) is 117 cm³/mol. The Kier molecular flexibility index (Phi) is 7.04. The first-order valence-electron chi connectivity index (χ1n) is 8.28. The maximum Gasteiger partial charge on any atom is 0.343 e. The number of esters is 1. The van der Waals surface area contributed by atoms with Crippen LogP contribution < -0.4 is 10.2 Å². The monoisotopic (exact) mass is 490 g/mol. The van der Waals surface area contributed by atoms with Crippen molar-refractivity contribution in [2.75, 3.05) is 0 Å². The van der Waals surface area contributed by atoms with Gasteiger partial charge in [0.25, 0.3) is 5.91 Å². The van der Waals surface area contributed by atoms with Gasteiger partial charge in [0.1, 0.15) is 5.75 Å². The summed E-state index contributed by atoms with van der Waals surface area (Å²) in [6.45, 7) is 0. The summed E-state index contributed by atoms with van der Waals surface area (Å²) < 4.78 is 6.11. The molecule has 0 aliphatic rings. The van der Waals surface area contributed by atoms with Crippen LogP contribution in [0.15, 0.2) is 76.3 Å². The number of carbonyl (C=O) groups excluding carboxylic acids is 2. The van der Waals surface area contributed by atoms with E-state index >= 15 is 0 Å². The quantitative estimate of drug-likeness (QED) is 0.214. The predicted octanol–water partition coefficient (Wildman–Crippen LogP) is 5.74. The minimum atomic E-state index is -0.550. The maximum absolute atomic E-state index is 12.2. The Balaban J connectivity index is 1.58. The zero-order valence-corrected chi connectivity index (χ0v) is 17.8. The van der Waals surface area contributed by atoms with E-state index in [-0.39, 0.29) is 10.9 Å². The zero-order valence-electron chi connectivity index (χ0n) is 14.7. The van der Waals surface area contributed by atoms with Crippen molar-refractivity contribution < 1.29 is 14.3 Å². The standard InChI is InChI=1S/C21H13BrCl2N2O3/c22-16-3-1-2-14(10-16)20(27)26-25-12-13-4-7-17(8-5-13)29-21(28)15-6-9-18(23)19(24)11-15/h1-12H,(H,26,27)/b25-12-. The number of carbonyl (C=O) groups is 2. The van der Waals surface area contributed by atoms with Crippen molar-refractivity contribution >= 4 is 57.2 Å². The van der Waals surface area contributed by atoms with E-state index in [0.29, 0.717) is 27.5 Å². The van der Waals surface area contributed by atoms with Crippen LogP contribution in [0.5, 0.6) is 5.75 Å². The fraction of sp³-hybridized carbons (Fsp3) is 0. The molecule has 0 radical (unpaired) electrons. The van der Waals surface area contributed by atoms with Crippen LogP contribution in [0, 0.1) is 0 Å². The van der Waals surface area contributed by atoms with Gasteiger partial charge in [-0.2, -0.15) is 5.10 Å². The zero-order chi connectivity index (χ0) is 20.8. The van der Waals surface area contributed by atoms with E-state index in [1.54, 1.807) is 42.5 Å². The van der Waals surface area contributed by atoms with E-state index in [9.17, 15) is 9.59 Å². The number of rotatable bonds is 5. The Morgan fingerprint density at radius 1 is 0.931 bits per heavy atom. The lowest BCUT2D eigenvalue weighted by molar-refractivity contribution is 0.0734. The van der Waals surface area contributed by atoms with E-state index in [2.05, 4.69) is 26.5 Å². The Morgan fingerprint density at radius 3 is 2.38 bits per heavy atom. The molecule has 0 aromatic heterocycles. The average molecular weight is 492 g/mol.